The number of pyridine rings is 1. The lowest BCUT2D eigenvalue weighted by Gasteiger charge is -2.42. The molecule has 9 heteroatoms. The Morgan fingerprint density at radius 2 is 1.78 bits per heavy atom. The summed E-state index contributed by atoms with van der Waals surface area (Å²) in [6.07, 6.45) is 13.0. The Bertz CT molecular complexity index is 1040. The fourth-order valence-electron chi connectivity index (χ4n) is 7.19. The number of nitrogens with zero attached hydrogens (tertiary/aromatic N) is 4. The standard InChI is InChI=1S/C28H46N6O2S/c1-21(2)22-7-9-23(10-8-22)33-18-12-24(13-19-33)34-27(11-15-30-31-37(35)36)26(20-32-16-3-4-17-32)25-6-5-14-29-28(25)34/h5-6,14,21-24,30-31H,3-4,7-13,15-20H2,1-2H3,(H,35,36)/p-1. The van der Waals surface area contributed by atoms with E-state index in [4.69, 9.17) is 4.98 Å². The third-order valence-electron chi connectivity index (χ3n) is 9.27. The molecule has 1 aliphatic carbocycles. The Hall–Kier alpha value is -1.36. The van der Waals surface area contributed by atoms with Gasteiger partial charge in [-0.15, -0.1) is 0 Å². The molecule has 3 aliphatic rings. The average Bonchev–Trinajstić information content (AvgIpc) is 3.53. The summed E-state index contributed by atoms with van der Waals surface area (Å²) in [6.45, 7) is 10.9. The highest BCUT2D eigenvalue weighted by Gasteiger charge is 2.32. The summed E-state index contributed by atoms with van der Waals surface area (Å²) in [5.41, 5.74) is 6.67. The molecular formula is C28H45N6O2S-. The van der Waals surface area contributed by atoms with E-state index in [1.807, 2.05) is 6.20 Å². The van der Waals surface area contributed by atoms with Crippen LogP contribution in [0.25, 0.3) is 11.0 Å². The fourth-order valence-corrected chi connectivity index (χ4v) is 7.41. The van der Waals surface area contributed by atoms with E-state index in [0.717, 1.165) is 75.5 Å². The van der Waals surface area contributed by atoms with E-state index < -0.39 is 11.3 Å². The number of piperidine rings is 1. The molecular weight excluding hydrogens is 484 g/mol. The second kappa shape index (κ2) is 12.7. The smallest absolute Gasteiger partial charge is 0.140 e. The van der Waals surface area contributed by atoms with Crippen molar-refractivity contribution in [2.24, 2.45) is 11.8 Å². The summed E-state index contributed by atoms with van der Waals surface area (Å²) < 4.78 is 24.5. The Kier molecular flexibility index (Phi) is 9.31. The molecule has 0 aromatic carbocycles. The van der Waals surface area contributed by atoms with Crippen LogP contribution in [-0.2, 0) is 24.2 Å². The maximum absolute atomic E-state index is 11.0. The number of hydrazine groups is 1. The molecule has 0 amide bonds. The van der Waals surface area contributed by atoms with Crippen LogP contribution in [0.5, 0.6) is 0 Å². The van der Waals surface area contributed by atoms with E-state index in [0.29, 0.717) is 12.6 Å². The van der Waals surface area contributed by atoms with E-state index in [2.05, 4.69) is 50.6 Å². The van der Waals surface area contributed by atoms with E-state index in [1.54, 1.807) is 0 Å². The normalized spacial score (nSPS) is 25.4. The first kappa shape index (κ1) is 27.2. The molecule has 37 heavy (non-hydrogen) atoms. The molecule has 3 fully saturated rings. The molecule has 1 unspecified atom stereocenters. The first-order valence-electron chi connectivity index (χ1n) is 14.5. The predicted octanol–water partition coefficient (Wildman–Crippen LogP) is 3.91. The van der Waals surface area contributed by atoms with Gasteiger partial charge in [0.2, 0.25) is 0 Å². The molecule has 8 nitrogen and oxygen atoms in total. The van der Waals surface area contributed by atoms with Crippen LogP contribution < -0.4 is 10.3 Å². The van der Waals surface area contributed by atoms with Crippen molar-refractivity contribution in [2.75, 3.05) is 32.7 Å². The topological polar surface area (TPSA) is 88.5 Å². The zero-order chi connectivity index (χ0) is 25.8. The largest absolute Gasteiger partial charge is 0.759 e. The van der Waals surface area contributed by atoms with Crippen molar-refractivity contribution in [1.82, 2.24) is 29.6 Å². The van der Waals surface area contributed by atoms with Crippen LogP contribution in [0.3, 0.4) is 0 Å². The van der Waals surface area contributed by atoms with E-state index in [-0.39, 0.29) is 0 Å². The highest BCUT2D eigenvalue weighted by Crippen LogP contribution is 2.37. The van der Waals surface area contributed by atoms with E-state index in [1.165, 1.54) is 55.2 Å². The van der Waals surface area contributed by atoms with Crippen LogP contribution in [0.1, 0.15) is 82.5 Å². The van der Waals surface area contributed by atoms with Crippen LogP contribution in [0, 0.1) is 11.8 Å². The summed E-state index contributed by atoms with van der Waals surface area (Å²) in [6, 6.07) is 5.47. The summed E-state index contributed by atoms with van der Waals surface area (Å²) in [7, 11) is 0. The SMILES string of the molecule is CC(C)C1CCC(N2CCC(n3c(CCNNS(=O)[O-])c(CN4CCCC4)c4cccnc43)CC2)CC1. The first-order valence-corrected chi connectivity index (χ1v) is 15.6. The molecule has 0 radical (unpaired) electrons. The van der Waals surface area contributed by atoms with Crippen molar-refractivity contribution in [3.05, 3.63) is 29.6 Å². The van der Waals surface area contributed by atoms with E-state index >= 15 is 0 Å². The lowest BCUT2D eigenvalue weighted by Crippen LogP contribution is -2.44. The second-order valence-corrected chi connectivity index (χ2v) is 12.4. The van der Waals surface area contributed by atoms with Crippen LogP contribution in [-0.4, -0.2) is 66.9 Å². The van der Waals surface area contributed by atoms with Crippen LogP contribution >= 0.6 is 0 Å². The van der Waals surface area contributed by atoms with Gasteiger partial charge in [0.05, 0.1) is 0 Å². The molecule has 0 bridgehead atoms. The van der Waals surface area contributed by atoms with Crippen LogP contribution in [0.2, 0.25) is 0 Å². The lowest BCUT2D eigenvalue weighted by atomic mass is 9.79. The monoisotopic (exact) mass is 529 g/mol. The summed E-state index contributed by atoms with van der Waals surface area (Å²) in [5.74, 6) is 1.72. The summed E-state index contributed by atoms with van der Waals surface area (Å²) >= 11 is -2.31. The van der Waals surface area contributed by atoms with Crippen molar-refractivity contribution in [3.8, 4) is 0 Å². The maximum Gasteiger partial charge on any atom is 0.140 e. The molecule has 5 rings (SSSR count). The lowest BCUT2D eigenvalue weighted by molar-refractivity contribution is 0.0888. The summed E-state index contributed by atoms with van der Waals surface area (Å²) in [5, 5.41) is 1.26. The molecule has 0 spiro atoms. The van der Waals surface area contributed by atoms with Gasteiger partial charge in [-0.05, 0) is 94.0 Å². The molecule has 2 aliphatic heterocycles. The Morgan fingerprint density at radius 3 is 2.46 bits per heavy atom. The third kappa shape index (κ3) is 6.45. The van der Waals surface area contributed by atoms with Crippen molar-refractivity contribution >= 4 is 22.3 Å². The van der Waals surface area contributed by atoms with Gasteiger partial charge in [0.15, 0.2) is 0 Å². The zero-order valence-corrected chi connectivity index (χ0v) is 23.5. The Labute approximate surface area is 225 Å². The molecule has 1 saturated carbocycles. The minimum absolute atomic E-state index is 0.435. The number of fused-ring (bicyclic) bond motifs is 1. The number of rotatable bonds is 10. The van der Waals surface area contributed by atoms with Crippen LogP contribution in [0.15, 0.2) is 18.3 Å². The molecule has 206 valence electrons. The first-order chi connectivity index (χ1) is 18.0. The van der Waals surface area contributed by atoms with Gasteiger partial charge in [0, 0.05) is 73.2 Å². The molecule has 4 heterocycles. The number of aromatic nitrogens is 2. The predicted molar refractivity (Wildman–Crippen MR) is 148 cm³/mol. The van der Waals surface area contributed by atoms with E-state index in [9.17, 15) is 8.76 Å². The fraction of sp³-hybridized carbons (Fsp3) is 0.750. The van der Waals surface area contributed by atoms with Crippen molar-refractivity contribution in [3.63, 3.8) is 0 Å². The molecule has 1 atom stereocenters. The molecule has 2 N–H and O–H groups in total. The van der Waals surface area contributed by atoms with Gasteiger partial charge in [-0.3, -0.25) is 9.11 Å². The summed E-state index contributed by atoms with van der Waals surface area (Å²) in [4.78, 5) is 12.5. The number of likely N-dealkylation sites (tertiary alicyclic amines) is 2. The Balaban J connectivity index is 1.34. The third-order valence-corrected chi connectivity index (χ3v) is 9.58. The highest BCUT2D eigenvalue weighted by molar-refractivity contribution is 7.76. The molecule has 2 aromatic heterocycles. The average molecular weight is 530 g/mol. The molecule has 2 saturated heterocycles. The zero-order valence-electron chi connectivity index (χ0n) is 22.7. The Morgan fingerprint density at radius 1 is 1.05 bits per heavy atom. The minimum Gasteiger partial charge on any atom is -0.759 e. The van der Waals surface area contributed by atoms with Gasteiger partial charge in [0.1, 0.15) is 5.65 Å². The van der Waals surface area contributed by atoms with Crippen molar-refractivity contribution in [1.29, 1.82) is 0 Å². The molecule has 2 aromatic rings. The van der Waals surface area contributed by atoms with Gasteiger partial charge in [0.25, 0.3) is 0 Å². The van der Waals surface area contributed by atoms with Gasteiger partial charge in [-0.25, -0.2) is 10.4 Å². The minimum atomic E-state index is -2.31. The van der Waals surface area contributed by atoms with Gasteiger partial charge < -0.3 is 14.0 Å². The van der Waals surface area contributed by atoms with Gasteiger partial charge >= 0.3 is 0 Å². The number of hydrogen-bond donors (Lipinski definition) is 2. The number of hydrogen-bond acceptors (Lipinski definition) is 6. The quantitative estimate of drug-likeness (QED) is 0.276. The van der Waals surface area contributed by atoms with Gasteiger partial charge in [-0.2, -0.15) is 4.83 Å². The highest BCUT2D eigenvalue weighted by atomic mass is 32.2. The van der Waals surface area contributed by atoms with Crippen molar-refractivity contribution in [2.45, 2.75) is 90.3 Å². The number of nitrogens with one attached hydrogen (secondary N) is 2. The van der Waals surface area contributed by atoms with Gasteiger partial charge in [-0.1, -0.05) is 13.8 Å². The van der Waals surface area contributed by atoms with Crippen molar-refractivity contribution < 1.29 is 8.76 Å². The van der Waals surface area contributed by atoms with Crippen LogP contribution in [0.4, 0.5) is 0 Å². The maximum atomic E-state index is 11.0. The second-order valence-electron chi connectivity index (χ2n) is 11.7.